The third kappa shape index (κ3) is 4.99. The monoisotopic (exact) mass is 410 g/mol. The van der Waals surface area contributed by atoms with E-state index in [9.17, 15) is 9.18 Å². The second-order valence-corrected chi connectivity index (χ2v) is 6.71. The van der Waals surface area contributed by atoms with E-state index in [1.165, 1.54) is 23.8 Å². The van der Waals surface area contributed by atoms with Gasteiger partial charge in [-0.15, -0.1) is 0 Å². The average molecular weight is 410 g/mol. The quantitative estimate of drug-likeness (QED) is 0.473. The van der Waals surface area contributed by atoms with Crippen molar-refractivity contribution in [3.05, 3.63) is 76.4 Å². The Morgan fingerprint density at radius 1 is 1.27 bits per heavy atom. The van der Waals surface area contributed by atoms with Crippen LogP contribution in [0.3, 0.4) is 0 Å². The normalized spacial score (nSPS) is 12.5. The number of rotatable bonds is 7. The number of ether oxygens (including phenoxy) is 1. The lowest BCUT2D eigenvalue weighted by Gasteiger charge is -2.09. The van der Waals surface area contributed by atoms with Crippen LogP contribution in [0.15, 0.2) is 70.9 Å². The molecule has 0 saturated carbocycles. The van der Waals surface area contributed by atoms with Gasteiger partial charge in [-0.1, -0.05) is 5.57 Å². The predicted octanol–water partition coefficient (Wildman–Crippen LogP) is 3.58. The van der Waals surface area contributed by atoms with Gasteiger partial charge in [-0.2, -0.15) is 5.10 Å². The van der Waals surface area contributed by atoms with Crippen LogP contribution in [0.5, 0.6) is 0 Å². The summed E-state index contributed by atoms with van der Waals surface area (Å²) in [7, 11) is 3.21. The average Bonchev–Trinajstić information content (AvgIpc) is 3.13. The number of pyridine rings is 1. The molecule has 0 aliphatic carbocycles. The van der Waals surface area contributed by atoms with Crippen LogP contribution < -0.4 is 10.9 Å². The number of halogens is 1. The molecule has 3 rings (SSSR count). The summed E-state index contributed by atoms with van der Waals surface area (Å²) in [6.07, 6.45) is 6.31. The van der Waals surface area contributed by atoms with Crippen molar-refractivity contribution in [3.8, 4) is 11.3 Å². The van der Waals surface area contributed by atoms with Gasteiger partial charge in [-0.25, -0.2) is 14.4 Å². The number of methoxy groups -OCH3 is 1. The molecule has 0 aromatic carbocycles. The van der Waals surface area contributed by atoms with E-state index in [1.54, 1.807) is 62.4 Å². The Hall–Kier alpha value is -3.75. The Morgan fingerprint density at radius 2 is 2.07 bits per heavy atom. The highest BCUT2D eigenvalue weighted by molar-refractivity contribution is 5.60. The molecule has 1 N–H and O–H groups in total. The molecule has 0 amide bonds. The first-order chi connectivity index (χ1) is 14.4. The fourth-order valence-electron chi connectivity index (χ4n) is 2.72. The van der Waals surface area contributed by atoms with Crippen LogP contribution in [0.4, 0.5) is 16.2 Å². The Bertz CT molecular complexity index is 1160. The topological polar surface area (TPSA) is 86.9 Å². The summed E-state index contributed by atoms with van der Waals surface area (Å²) in [4.78, 5) is 21.2. The van der Waals surface area contributed by atoms with E-state index in [0.29, 0.717) is 22.8 Å². The summed E-state index contributed by atoms with van der Waals surface area (Å²) in [6.45, 7) is 3.56. The maximum atomic E-state index is 13.9. The highest BCUT2D eigenvalue weighted by Gasteiger charge is 2.07. The number of aryl methyl sites for hydroxylation is 1. The van der Waals surface area contributed by atoms with E-state index < -0.39 is 5.83 Å². The van der Waals surface area contributed by atoms with Gasteiger partial charge >= 0.3 is 0 Å². The molecule has 0 saturated heterocycles. The van der Waals surface area contributed by atoms with E-state index in [-0.39, 0.29) is 17.9 Å². The van der Waals surface area contributed by atoms with Gasteiger partial charge in [0.1, 0.15) is 11.6 Å². The molecule has 0 unspecified atom stereocenters. The van der Waals surface area contributed by atoms with E-state index in [0.717, 1.165) is 5.82 Å². The summed E-state index contributed by atoms with van der Waals surface area (Å²) in [6, 6.07) is 6.82. The lowest BCUT2D eigenvalue weighted by Crippen LogP contribution is -2.19. The van der Waals surface area contributed by atoms with Crippen LogP contribution in [0.25, 0.3) is 11.3 Å². The first-order valence-corrected chi connectivity index (χ1v) is 9.24. The van der Waals surface area contributed by atoms with Crippen LogP contribution in [-0.4, -0.2) is 31.4 Å². The Kier molecular flexibility index (Phi) is 6.41. The van der Waals surface area contributed by atoms with Crippen molar-refractivity contribution in [1.29, 1.82) is 0 Å². The van der Waals surface area contributed by atoms with E-state index in [2.05, 4.69) is 20.4 Å². The van der Waals surface area contributed by atoms with Crippen LogP contribution in [0, 0.1) is 0 Å². The van der Waals surface area contributed by atoms with Gasteiger partial charge in [0, 0.05) is 43.7 Å². The molecule has 0 aliphatic heterocycles. The number of aromatic nitrogens is 5. The number of nitrogens with zero attached hydrogens (tertiary/aromatic N) is 5. The highest BCUT2D eigenvalue weighted by atomic mass is 19.1. The molecule has 30 heavy (non-hydrogen) atoms. The molecule has 3 heterocycles. The third-order valence-electron chi connectivity index (χ3n) is 4.44. The number of hydrogen-bond donors (Lipinski definition) is 1. The zero-order valence-electron chi connectivity index (χ0n) is 17.3. The van der Waals surface area contributed by atoms with Gasteiger partial charge in [-0.05, 0) is 32.1 Å². The summed E-state index contributed by atoms with van der Waals surface area (Å²) in [5.74, 6) is 0.870. The van der Waals surface area contributed by atoms with E-state index in [4.69, 9.17) is 4.74 Å². The second kappa shape index (κ2) is 9.17. The number of hydrogen-bond acceptors (Lipinski definition) is 6. The molecule has 0 aliphatic rings. The van der Waals surface area contributed by atoms with Crippen LogP contribution >= 0.6 is 0 Å². The molecule has 156 valence electrons. The lowest BCUT2D eigenvalue weighted by atomic mass is 10.2. The first kappa shape index (κ1) is 21.0. The molecule has 8 nitrogen and oxygen atoms in total. The molecular weight excluding hydrogens is 387 g/mol. The van der Waals surface area contributed by atoms with E-state index in [1.807, 2.05) is 0 Å². The van der Waals surface area contributed by atoms with Crippen LogP contribution in [-0.2, 0) is 18.3 Å². The van der Waals surface area contributed by atoms with Gasteiger partial charge in [0.25, 0.3) is 5.56 Å². The van der Waals surface area contributed by atoms with Crippen molar-refractivity contribution >= 4 is 11.8 Å². The Morgan fingerprint density at radius 3 is 2.73 bits per heavy atom. The van der Waals surface area contributed by atoms with Gasteiger partial charge < -0.3 is 14.6 Å². The van der Waals surface area contributed by atoms with Crippen molar-refractivity contribution in [3.63, 3.8) is 0 Å². The molecule has 9 heteroatoms. The maximum absolute atomic E-state index is 13.9. The molecule has 0 radical (unpaired) electrons. The zero-order chi connectivity index (χ0) is 21.7. The van der Waals surface area contributed by atoms with Crippen molar-refractivity contribution in [2.75, 3.05) is 12.4 Å². The third-order valence-corrected chi connectivity index (χ3v) is 4.44. The SMILES string of the molecule is CO/C(C)=C(F)/C=C(\C)Cn1ccc(-c2ccnc(Nc3ccnn3C)n2)cc1=O. The van der Waals surface area contributed by atoms with Gasteiger partial charge in [0.15, 0.2) is 5.83 Å². The standard InChI is InChI=1S/C21H23FN6O2/c1-14(11-17(22)15(2)30-4)13-28-10-7-16(12-20(28)29)18-5-8-23-21(25-18)26-19-6-9-24-27(19)3/h5-12H,13H2,1-4H3,(H,23,25,26)/b14-11+,17-15-. The van der Waals surface area contributed by atoms with Gasteiger partial charge in [0.05, 0.1) is 19.0 Å². The minimum atomic E-state index is -0.464. The van der Waals surface area contributed by atoms with Crippen molar-refractivity contribution in [2.24, 2.45) is 7.05 Å². The van der Waals surface area contributed by atoms with Gasteiger partial charge in [0.2, 0.25) is 5.95 Å². The summed E-state index contributed by atoms with van der Waals surface area (Å²) in [5, 5.41) is 7.17. The fraction of sp³-hybridized carbons (Fsp3) is 0.238. The summed E-state index contributed by atoms with van der Waals surface area (Å²) in [5.41, 5.74) is 1.74. The fourth-order valence-corrected chi connectivity index (χ4v) is 2.72. The van der Waals surface area contributed by atoms with Crippen molar-refractivity contribution < 1.29 is 9.13 Å². The molecule has 0 fully saturated rings. The van der Waals surface area contributed by atoms with Crippen molar-refractivity contribution in [1.82, 2.24) is 24.3 Å². The Balaban J connectivity index is 1.80. The number of anilines is 2. The molecule has 0 spiro atoms. The lowest BCUT2D eigenvalue weighted by molar-refractivity contribution is 0.279. The highest BCUT2D eigenvalue weighted by Crippen LogP contribution is 2.18. The molecule has 3 aromatic rings. The summed E-state index contributed by atoms with van der Waals surface area (Å²) < 4.78 is 21.9. The summed E-state index contributed by atoms with van der Waals surface area (Å²) >= 11 is 0. The van der Waals surface area contributed by atoms with Crippen LogP contribution in [0.2, 0.25) is 0 Å². The molecule has 0 atom stereocenters. The predicted molar refractivity (Wildman–Crippen MR) is 113 cm³/mol. The molecule has 0 bridgehead atoms. The van der Waals surface area contributed by atoms with Gasteiger partial charge in [-0.3, -0.25) is 9.48 Å². The maximum Gasteiger partial charge on any atom is 0.251 e. The molecular formula is C21H23FN6O2. The second-order valence-electron chi connectivity index (χ2n) is 6.71. The van der Waals surface area contributed by atoms with Crippen LogP contribution in [0.1, 0.15) is 13.8 Å². The minimum Gasteiger partial charge on any atom is -0.498 e. The number of nitrogens with one attached hydrogen (secondary N) is 1. The van der Waals surface area contributed by atoms with E-state index >= 15 is 0 Å². The largest absolute Gasteiger partial charge is 0.498 e. The zero-order valence-corrected chi connectivity index (χ0v) is 17.3. The first-order valence-electron chi connectivity index (χ1n) is 9.24. The minimum absolute atomic E-state index is 0.191. The number of allylic oxidation sites excluding steroid dienone is 4. The molecule has 3 aromatic heterocycles. The van der Waals surface area contributed by atoms with Crippen molar-refractivity contribution in [2.45, 2.75) is 20.4 Å². The smallest absolute Gasteiger partial charge is 0.251 e. The Labute approximate surface area is 173 Å².